The number of nitrogens with one attached hydrogen (secondary N) is 1. The molecule has 1 N–H and O–H groups in total. The Bertz CT molecular complexity index is 867. The SMILES string of the molecule is Cc1nccn1CCC1CCCCN1Cc1cn[nH]c1-c1ccc(F)cc1. The average molecular weight is 367 g/mol. The number of aryl methyl sites for hydroxylation is 2. The third-order valence-electron chi connectivity index (χ3n) is 5.60. The second-order valence-electron chi connectivity index (χ2n) is 7.35. The molecular formula is C21H26FN5. The smallest absolute Gasteiger partial charge is 0.123 e. The van der Waals surface area contributed by atoms with Gasteiger partial charge in [-0.2, -0.15) is 5.10 Å². The fourth-order valence-electron chi connectivity index (χ4n) is 4.04. The molecule has 1 atom stereocenters. The molecule has 0 saturated carbocycles. The molecule has 0 bridgehead atoms. The summed E-state index contributed by atoms with van der Waals surface area (Å²) in [4.78, 5) is 6.90. The van der Waals surface area contributed by atoms with Gasteiger partial charge in [0.25, 0.3) is 0 Å². The van der Waals surface area contributed by atoms with E-state index in [1.54, 1.807) is 0 Å². The summed E-state index contributed by atoms with van der Waals surface area (Å²) < 4.78 is 15.5. The third-order valence-corrected chi connectivity index (χ3v) is 5.60. The number of hydrogen-bond donors (Lipinski definition) is 1. The number of imidazole rings is 1. The number of likely N-dealkylation sites (tertiary alicyclic amines) is 1. The van der Waals surface area contributed by atoms with Crippen LogP contribution in [0.4, 0.5) is 4.39 Å². The lowest BCUT2D eigenvalue weighted by Gasteiger charge is -2.36. The third kappa shape index (κ3) is 4.11. The average Bonchev–Trinajstić information content (AvgIpc) is 3.31. The Kier molecular flexibility index (Phi) is 5.34. The first kappa shape index (κ1) is 17.9. The molecule has 27 heavy (non-hydrogen) atoms. The molecule has 1 fully saturated rings. The van der Waals surface area contributed by atoms with Gasteiger partial charge in [-0.25, -0.2) is 9.37 Å². The largest absolute Gasteiger partial charge is 0.335 e. The lowest BCUT2D eigenvalue weighted by Crippen LogP contribution is -2.39. The Morgan fingerprint density at radius 3 is 2.85 bits per heavy atom. The monoisotopic (exact) mass is 367 g/mol. The van der Waals surface area contributed by atoms with E-state index in [4.69, 9.17) is 0 Å². The van der Waals surface area contributed by atoms with Crippen molar-refractivity contribution in [1.82, 2.24) is 24.6 Å². The minimum atomic E-state index is -0.217. The van der Waals surface area contributed by atoms with Crippen molar-refractivity contribution in [2.75, 3.05) is 6.54 Å². The second-order valence-corrected chi connectivity index (χ2v) is 7.35. The van der Waals surface area contributed by atoms with Crippen LogP contribution < -0.4 is 0 Å². The predicted octanol–water partition coefficient (Wildman–Crippen LogP) is 4.17. The summed E-state index contributed by atoms with van der Waals surface area (Å²) in [6.45, 7) is 5.04. The number of halogens is 1. The summed E-state index contributed by atoms with van der Waals surface area (Å²) in [7, 11) is 0. The highest BCUT2D eigenvalue weighted by molar-refractivity contribution is 5.62. The fourth-order valence-corrected chi connectivity index (χ4v) is 4.04. The first-order valence-electron chi connectivity index (χ1n) is 9.70. The molecule has 6 heteroatoms. The van der Waals surface area contributed by atoms with Gasteiger partial charge in [0.15, 0.2) is 0 Å². The van der Waals surface area contributed by atoms with E-state index in [2.05, 4.69) is 37.8 Å². The van der Waals surface area contributed by atoms with Crippen LogP contribution in [0.15, 0.2) is 42.9 Å². The number of hydrogen-bond acceptors (Lipinski definition) is 3. The summed E-state index contributed by atoms with van der Waals surface area (Å²) in [6.07, 6.45) is 10.7. The molecule has 3 aromatic rings. The van der Waals surface area contributed by atoms with E-state index in [9.17, 15) is 4.39 Å². The van der Waals surface area contributed by atoms with Crippen molar-refractivity contribution in [3.8, 4) is 11.3 Å². The summed E-state index contributed by atoms with van der Waals surface area (Å²) in [5, 5.41) is 7.35. The molecule has 1 aromatic carbocycles. The van der Waals surface area contributed by atoms with Crippen LogP contribution >= 0.6 is 0 Å². The molecule has 1 saturated heterocycles. The van der Waals surface area contributed by atoms with Gasteiger partial charge in [0.1, 0.15) is 11.6 Å². The molecule has 0 aliphatic carbocycles. The molecule has 0 spiro atoms. The zero-order valence-electron chi connectivity index (χ0n) is 15.7. The van der Waals surface area contributed by atoms with Gasteiger partial charge >= 0.3 is 0 Å². The number of rotatable bonds is 6. The molecule has 5 nitrogen and oxygen atoms in total. The second kappa shape index (κ2) is 8.05. The highest BCUT2D eigenvalue weighted by atomic mass is 19.1. The van der Waals surface area contributed by atoms with Crippen molar-refractivity contribution in [1.29, 1.82) is 0 Å². The maximum atomic E-state index is 13.2. The molecule has 2 aromatic heterocycles. The van der Waals surface area contributed by atoms with Gasteiger partial charge < -0.3 is 4.57 Å². The van der Waals surface area contributed by atoms with E-state index in [0.29, 0.717) is 6.04 Å². The van der Waals surface area contributed by atoms with Crippen LogP contribution in [0, 0.1) is 12.7 Å². The molecule has 0 amide bonds. The molecule has 0 radical (unpaired) electrons. The molecule has 1 unspecified atom stereocenters. The van der Waals surface area contributed by atoms with E-state index in [-0.39, 0.29) is 5.82 Å². The molecular weight excluding hydrogens is 341 g/mol. The fraction of sp³-hybridized carbons (Fsp3) is 0.429. The molecule has 3 heterocycles. The van der Waals surface area contributed by atoms with E-state index in [0.717, 1.165) is 43.1 Å². The molecule has 142 valence electrons. The number of aromatic nitrogens is 4. The van der Waals surface area contributed by atoms with E-state index in [1.165, 1.54) is 37.0 Å². The Labute approximate surface area is 159 Å². The van der Waals surface area contributed by atoms with Gasteiger partial charge in [0.2, 0.25) is 0 Å². The van der Waals surface area contributed by atoms with Crippen LogP contribution in [0.1, 0.15) is 37.1 Å². The van der Waals surface area contributed by atoms with Crippen LogP contribution in [-0.4, -0.2) is 37.2 Å². The van der Waals surface area contributed by atoms with Gasteiger partial charge in [-0.15, -0.1) is 0 Å². The topological polar surface area (TPSA) is 49.7 Å². The van der Waals surface area contributed by atoms with E-state index in [1.807, 2.05) is 24.5 Å². The van der Waals surface area contributed by atoms with Crippen molar-refractivity contribution in [2.24, 2.45) is 0 Å². The highest BCUT2D eigenvalue weighted by Gasteiger charge is 2.24. The van der Waals surface area contributed by atoms with Crippen molar-refractivity contribution >= 4 is 0 Å². The lowest BCUT2D eigenvalue weighted by molar-refractivity contribution is 0.128. The Balaban J connectivity index is 1.46. The normalized spacial score (nSPS) is 18.1. The minimum Gasteiger partial charge on any atom is -0.335 e. The minimum absolute atomic E-state index is 0.217. The molecule has 4 rings (SSSR count). The first-order valence-corrected chi connectivity index (χ1v) is 9.70. The number of benzene rings is 1. The molecule has 1 aliphatic heterocycles. The Hall–Kier alpha value is -2.47. The van der Waals surface area contributed by atoms with Crippen molar-refractivity contribution in [3.63, 3.8) is 0 Å². The van der Waals surface area contributed by atoms with Gasteiger partial charge in [-0.3, -0.25) is 10.00 Å². The van der Waals surface area contributed by atoms with Crippen molar-refractivity contribution < 1.29 is 4.39 Å². The number of nitrogens with zero attached hydrogens (tertiary/aromatic N) is 4. The maximum absolute atomic E-state index is 13.2. The van der Waals surface area contributed by atoms with Gasteiger partial charge in [-0.1, -0.05) is 6.42 Å². The Morgan fingerprint density at radius 1 is 1.22 bits per heavy atom. The van der Waals surface area contributed by atoms with Crippen LogP contribution in [0.2, 0.25) is 0 Å². The number of H-pyrrole nitrogens is 1. The summed E-state index contributed by atoms with van der Waals surface area (Å²) in [5.74, 6) is 0.858. The first-order chi connectivity index (χ1) is 13.2. The summed E-state index contributed by atoms with van der Waals surface area (Å²) >= 11 is 0. The highest BCUT2D eigenvalue weighted by Crippen LogP contribution is 2.27. The van der Waals surface area contributed by atoms with Gasteiger partial charge in [0, 0.05) is 42.7 Å². The Morgan fingerprint density at radius 2 is 2.07 bits per heavy atom. The number of aromatic amines is 1. The standard InChI is InChI=1S/C21H26FN5/c1-16-23-10-13-26(16)12-9-20-4-2-3-11-27(20)15-18-14-24-25-21(18)17-5-7-19(22)8-6-17/h5-8,10,13-14,20H,2-4,9,11-12,15H2,1H3,(H,24,25). The van der Waals surface area contributed by atoms with Crippen molar-refractivity contribution in [2.45, 2.75) is 51.7 Å². The zero-order chi connectivity index (χ0) is 18.6. The van der Waals surface area contributed by atoms with Crippen LogP contribution in [0.3, 0.4) is 0 Å². The van der Waals surface area contributed by atoms with Gasteiger partial charge in [0.05, 0.1) is 11.9 Å². The van der Waals surface area contributed by atoms with Crippen molar-refractivity contribution in [3.05, 3.63) is 60.1 Å². The summed E-state index contributed by atoms with van der Waals surface area (Å²) in [5.41, 5.74) is 3.14. The molecule has 1 aliphatic rings. The van der Waals surface area contributed by atoms with Gasteiger partial charge in [-0.05, 0) is 57.0 Å². The number of piperidine rings is 1. The van der Waals surface area contributed by atoms with E-state index >= 15 is 0 Å². The van der Waals surface area contributed by atoms with Crippen LogP contribution in [-0.2, 0) is 13.1 Å². The van der Waals surface area contributed by atoms with E-state index < -0.39 is 0 Å². The van der Waals surface area contributed by atoms with Crippen LogP contribution in [0.25, 0.3) is 11.3 Å². The quantitative estimate of drug-likeness (QED) is 0.711. The van der Waals surface area contributed by atoms with Crippen LogP contribution in [0.5, 0.6) is 0 Å². The summed E-state index contributed by atoms with van der Waals surface area (Å²) in [6, 6.07) is 7.18. The maximum Gasteiger partial charge on any atom is 0.123 e. The zero-order valence-corrected chi connectivity index (χ0v) is 15.7. The lowest BCUT2D eigenvalue weighted by atomic mass is 9.98. The predicted molar refractivity (Wildman–Crippen MR) is 104 cm³/mol.